The summed E-state index contributed by atoms with van der Waals surface area (Å²) in [6, 6.07) is 16.8. The summed E-state index contributed by atoms with van der Waals surface area (Å²) in [5.41, 5.74) is 1.26. The van der Waals surface area contributed by atoms with E-state index < -0.39 is 31.8 Å². The van der Waals surface area contributed by atoms with Crippen molar-refractivity contribution in [3.8, 4) is 16.9 Å². The molecule has 0 saturated carbocycles. The number of nitrogens with zero attached hydrogens (tertiary/aromatic N) is 2. The van der Waals surface area contributed by atoms with Gasteiger partial charge in [0.25, 0.3) is 0 Å². The van der Waals surface area contributed by atoms with Gasteiger partial charge >= 0.3 is 0 Å². The quantitative estimate of drug-likeness (QED) is 0.294. The summed E-state index contributed by atoms with van der Waals surface area (Å²) in [7, 11) is -5.91. The second-order valence-electron chi connectivity index (χ2n) is 10.6. The Balaban J connectivity index is 1.10. The van der Waals surface area contributed by atoms with Crippen LogP contribution in [0.25, 0.3) is 11.1 Å². The predicted octanol–water partition coefficient (Wildman–Crippen LogP) is 2.00. The van der Waals surface area contributed by atoms with Crippen molar-refractivity contribution in [1.29, 1.82) is 0 Å². The SMILES string of the molecule is CNS(=O)(=O)c1cccc(OC[C@@H](O)CN[C@H]2COC3(CCN(S(=O)(=O)c4cccc(-c5cccnc5)c4)CC3)C2)c1. The van der Waals surface area contributed by atoms with Gasteiger partial charge in [-0.25, -0.2) is 21.6 Å². The largest absolute Gasteiger partial charge is 0.491 e. The van der Waals surface area contributed by atoms with Gasteiger partial charge < -0.3 is 19.9 Å². The van der Waals surface area contributed by atoms with Gasteiger partial charge in [-0.05, 0) is 62.2 Å². The summed E-state index contributed by atoms with van der Waals surface area (Å²) in [4.78, 5) is 4.47. The fourth-order valence-corrected chi connectivity index (χ4v) is 7.63. The third-order valence-electron chi connectivity index (χ3n) is 7.78. The van der Waals surface area contributed by atoms with E-state index in [9.17, 15) is 21.9 Å². The molecule has 1 aromatic heterocycles. The number of ether oxygens (including phenoxy) is 2. The van der Waals surface area contributed by atoms with E-state index in [1.165, 1.54) is 23.5 Å². The van der Waals surface area contributed by atoms with E-state index in [0.29, 0.717) is 38.3 Å². The average molecular weight is 617 g/mol. The zero-order valence-corrected chi connectivity index (χ0v) is 25.0. The van der Waals surface area contributed by atoms with Crippen molar-refractivity contribution in [3.05, 3.63) is 73.1 Å². The zero-order valence-electron chi connectivity index (χ0n) is 23.3. The van der Waals surface area contributed by atoms with Crippen molar-refractivity contribution < 1.29 is 31.4 Å². The lowest BCUT2D eigenvalue weighted by Gasteiger charge is -2.38. The molecule has 11 nitrogen and oxygen atoms in total. The highest BCUT2D eigenvalue weighted by molar-refractivity contribution is 7.89. The van der Waals surface area contributed by atoms with Crippen LogP contribution in [-0.2, 0) is 24.8 Å². The van der Waals surface area contributed by atoms with Crippen LogP contribution in [0.15, 0.2) is 82.8 Å². The van der Waals surface area contributed by atoms with Crippen LogP contribution in [0.2, 0.25) is 0 Å². The van der Waals surface area contributed by atoms with Gasteiger partial charge in [0.1, 0.15) is 18.5 Å². The van der Waals surface area contributed by atoms with E-state index in [2.05, 4.69) is 15.0 Å². The number of nitrogens with one attached hydrogen (secondary N) is 2. The molecule has 2 saturated heterocycles. The van der Waals surface area contributed by atoms with E-state index in [1.807, 2.05) is 18.2 Å². The molecular weight excluding hydrogens is 580 g/mol. The van der Waals surface area contributed by atoms with Crippen LogP contribution in [0.3, 0.4) is 0 Å². The second kappa shape index (κ2) is 12.8. The Kier molecular flexibility index (Phi) is 9.28. The van der Waals surface area contributed by atoms with Gasteiger partial charge in [-0.3, -0.25) is 4.98 Å². The van der Waals surface area contributed by atoms with Crippen LogP contribution >= 0.6 is 0 Å². The van der Waals surface area contributed by atoms with Crippen LogP contribution in [0.4, 0.5) is 0 Å². The van der Waals surface area contributed by atoms with Gasteiger partial charge in [0.2, 0.25) is 20.0 Å². The third kappa shape index (κ3) is 7.00. The van der Waals surface area contributed by atoms with Crippen molar-refractivity contribution in [2.24, 2.45) is 0 Å². The molecule has 2 fully saturated rings. The average Bonchev–Trinajstić information content (AvgIpc) is 3.41. The van der Waals surface area contributed by atoms with Crippen molar-refractivity contribution in [2.75, 3.05) is 39.9 Å². The number of rotatable bonds is 11. The second-order valence-corrected chi connectivity index (χ2v) is 14.4. The highest BCUT2D eigenvalue weighted by Gasteiger charge is 2.44. The topological polar surface area (TPSA) is 147 Å². The van der Waals surface area contributed by atoms with Crippen LogP contribution in [-0.4, -0.2) is 88.9 Å². The number of hydrogen-bond donors (Lipinski definition) is 3. The normalized spacial score (nSPS) is 20.0. The van der Waals surface area contributed by atoms with Crippen molar-refractivity contribution in [3.63, 3.8) is 0 Å². The Hall–Kier alpha value is -2.91. The number of hydrogen-bond acceptors (Lipinski definition) is 9. The summed E-state index contributed by atoms with van der Waals surface area (Å²) in [5.74, 6) is 0.346. The smallest absolute Gasteiger partial charge is 0.243 e. The molecule has 13 heteroatoms. The zero-order chi connectivity index (χ0) is 29.8. The van der Waals surface area contributed by atoms with Gasteiger partial charge in [0.05, 0.1) is 22.0 Å². The Morgan fingerprint density at radius 1 is 1.05 bits per heavy atom. The molecule has 1 spiro atoms. The van der Waals surface area contributed by atoms with E-state index in [-0.39, 0.29) is 29.0 Å². The van der Waals surface area contributed by atoms with Crippen molar-refractivity contribution in [1.82, 2.24) is 19.3 Å². The molecule has 2 aliphatic heterocycles. The Morgan fingerprint density at radius 2 is 1.79 bits per heavy atom. The number of piperidine rings is 1. The number of aliphatic hydroxyl groups excluding tert-OH is 1. The molecule has 42 heavy (non-hydrogen) atoms. The highest BCUT2D eigenvalue weighted by atomic mass is 32.2. The van der Waals surface area contributed by atoms with Gasteiger partial charge in [-0.1, -0.05) is 24.3 Å². The molecule has 226 valence electrons. The molecule has 2 aromatic carbocycles. The monoisotopic (exact) mass is 616 g/mol. The maximum atomic E-state index is 13.4. The highest BCUT2D eigenvalue weighted by Crippen LogP contribution is 2.37. The van der Waals surface area contributed by atoms with E-state index in [1.54, 1.807) is 42.7 Å². The minimum atomic E-state index is -3.66. The Bertz CT molecular complexity index is 1580. The van der Waals surface area contributed by atoms with Crippen LogP contribution in [0, 0.1) is 0 Å². The molecule has 0 radical (unpaired) electrons. The van der Waals surface area contributed by atoms with E-state index in [0.717, 1.165) is 17.5 Å². The van der Waals surface area contributed by atoms with Gasteiger partial charge in [-0.15, -0.1) is 0 Å². The maximum Gasteiger partial charge on any atom is 0.243 e. The third-order valence-corrected chi connectivity index (χ3v) is 11.1. The van der Waals surface area contributed by atoms with Crippen molar-refractivity contribution in [2.45, 2.75) is 46.8 Å². The van der Waals surface area contributed by atoms with Gasteiger partial charge in [0.15, 0.2) is 0 Å². The summed E-state index contributed by atoms with van der Waals surface area (Å²) < 4.78 is 66.5. The first-order valence-corrected chi connectivity index (χ1v) is 16.8. The molecule has 0 aliphatic carbocycles. The lowest BCUT2D eigenvalue weighted by Crippen LogP contribution is -2.47. The van der Waals surface area contributed by atoms with Gasteiger partial charge in [0, 0.05) is 49.7 Å². The number of aliphatic hydroxyl groups is 1. The van der Waals surface area contributed by atoms with E-state index in [4.69, 9.17) is 9.47 Å². The molecular formula is C29H36N4O7S2. The first kappa shape index (κ1) is 30.5. The van der Waals surface area contributed by atoms with Crippen LogP contribution in [0.1, 0.15) is 19.3 Å². The minimum absolute atomic E-state index is 0.0103. The minimum Gasteiger partial charge on any atom is -0.491 e. The molecule has 2 aliphatic rings. The fourth-order valence-electron chi connectivity index (χ4n) is 5.38. The van der Waals surface area contributed by atoms with Crippen LogP contribution < -0.4 is 14.8 Å². The fraction of sp³-hybridized carbons (Fsp3) is 0.414. The van der Waals surface area contributed by atoms with Crippen molar-refractivity contribution >= 4 is 20.0 Å². The number of benzene rings is 2. The molecule has 3 heterocycles. The molecule has 0 amide bonds. The summed E-state index contributed by atoms with van der Waals surface area (Å²) in [6.45, 7) is 1.46. The Morgan fingerprint density at radius 3 is 2.52 bits per heavy atom. The Labute approximate surface area is 247 Å². The molecule has 3 aromatic rings. The number of pyridine rings is 1. The molecule has 0 bridgehead atoms. The lowest BCUT2D eigenvalue weighted by molar-refractivity contribution is -0.0312. The number of aromatic nitrogens is 1. The summed E-state index contributed by atoms with van der Waals surface area (Å²) in [6.07, 6.45) is 4.46. The molecule has 5 rings (SSSR count). The molecule has 2 atom stereocenters. The first-order chi connectivity index (χ1) is 20.1. The standard InChI is InChI=1S/C29H36N4O7S2/c1-30-41(35,36)27-8-3-7-26(16-27)39-21-25(34)19-32-24-17-29(40-20-24)10-13-33(14-11-29)42(37,38)28-9-2-5-22(15-28)23-6-4-12-31-18-23/h2-9,12,15-16,18,24-25,30,32,34H,10-11,13-14,17,19-21H2,1H3/t24-,25+/m1/s1. The first-order valence-electron chi connectivity index (χ1n) is 13.8. The number of sulfonamides is 2. The summed E-state index contributed by atoms with van der Waals surface area (Å²) in [5, 5.41) is 13.8. The molecule has 0 unspecified atom stereocenters. The lowest BCUT2D eigenvalue weighted by atomic mass is 9.88. The molecule has 3 N–H and O–H groups in total. The summed E-state index contributed by atoms with van der Waals surface area (Å²) >= 11 is 0. The predicted molar refractivity (Wildman–Crippen MR) is 157 cm³/mol. The van der Waals surface area contributed by atoms with Crippen LogP contribution in [0.5, 0.6) is 5.75 Å². The maximum absolute atomic E-state index is 13.4. The van der Waals surface area contributed by atoms with Gasteiger partial charge in [-0.2, -0.15) is 4.31 Å². The van der Waals surface area contributed by atoms with E-state index >= 15 is 0 Å².